The van der Waals surface area contributed by atoms with Crippen LogP contribution in [0.25, 0.3) is 0 Å². The first-order valence-corrected chi connectivity index (χ1v) is 43.3. The predicted octanol–water partition coefficient (Wildman–Crippen LogP) is -4.08. The number of hydrogen-bond donors (Lipinski definition) is 10. The van der Waals surface area contributed by atoms with Crippen molar-refractivity contribution >= 4 is 75.9 Å². The Balaban J connectivity index is 6.82. The van der Waals surface area contributed by atoms with Crippen LogP contribution in [0.3, 0.4) is 0 Å². The summed E-state index contributed by atoms with van der Waals surface area (Å²) in [4.78, 5) is 112. The third-order valence-electron chi connectivity index (χ3n) is 8.34. The second-order valence-electron chi connectivity index (χ2n) is 10.1. The van der Waals surface area contributed by atoms with Crippen LogP contribution in [0.5, 0.6) is 0 Å². The van der Waals surface area contributed by atoms with Crippen LogP contribution < -0.4 is 0 Å². The molecular weight excluding hydrogens is 561 g/mol. The van der Waals surface area contributed by atoms with Crippen molar-refractivity contribution in [3.05, 3.63) is 0 Å². The molecule has 0 saturated carbocycles. The van der Waals surface area contributed by atoms with Crippen molar-refractivity contribution < 1.29 is 48.0 Å². The van der Waals surface area contributed by atoms with Gasteiger partial charge in [-0.2, -0.15) is 0 Å². The quantitative estimate of drug-likeness (QED) is 0.116. The first-order chi connectivity index (χ1) is 12.6. The Hall–Kier alpha value is 1.77. The standard InChI is InChI=1S/C10H42O10Si10/c1-21(11)23(3,13)25(5,15)27(7,17)29(9,19)30(10,20)28(8,18)26(6,16)24(4,14)22(2)12/h11-22H,1-10H3. The molecule has 0 bridgehead atoms. The molecule has 0 amide bonds. The third kappa shape index (κ3) is 4.18. The Bertz CT molecular complexity index is 579. The summed E-state index contributed by atoms with van der Waals surface area (Å²) in [6.45, 7) is 13.4. The highest BCUT2D eigenvalue weighted by Crippen LogP contribution is 2.39. The minimum Gasteiger partial charge on any atom is -0.435 e. The molecular formula is C10H42O10Si10. The minimum absolute atomic E-state index is 1.27. The van der Waals surface area contributed by atoms with E-state index < -0.39 is 75.9 Å². The van der Waals surface area contributed by atoms with Crippen molar-refractivity contribution in [2.24, 2.45) is 0 Å². The van der Waals surface area contributed by atoms with Crippen LogP contribution in [0.15, 0.2) is 0 Å². The summed E-state index contributed by atoms with van der Waals surface area (Å²) in [6, 6.07) is 0. The van der Waals surface area contributed by atoms with Gasteiger partial charge in [-0.15, -0.1) is 0 Å². The highest BCUT2D eigenvalue weighted by atomic mass is 30.1. The van der Waals surface area contributed by atoms with Gasteiger partial charge in [-0.05, 0) is 65.5 Å². The number of rotatable bonds is 9. The molecule has 10 nitrogen and oxygen atoms in total. The Kier molecular flexibility index (Phi) is 9.28. The summed E-state index contributed by atoms with van der Waals surface area (Å²) >= 11 is 0. The maximum absolute atomic E-state index is 11.7. The van der Waals surface area contributed by atoms with Crippen LogP contribution in [-0.2, 0) is 0 Å². The molecule has 0 aromatic heterocycles. The normalized spacial score (nSPS) is 31.2. The van der Waals surface area contributed by atoms with E-state index in [1.54, 1.807) is 0 Å². The fourth-order valence-corrected chi connectivity index (χ4v) is 214. The van der Waals surface area contributed by atoms with Gasteiger partial charge in [0, 0.05) is 0 Å². The fraction of sp³-hybridized carbons (Fsp3) is 1.00. The zero-order valence-electron chi connectivity index (χ0n) is 19.6. The average molecular weight is 603 g/mol. The van der Waals surface area contributed by atoms with E-state index in [1.807, 2.05) is 0 Å². The van der Waals surface area contributed by atoms with E-state index in [4.69, 9.17) is 0 Å². The lowest BCUT2D eigenvalue weighted by Gasteiger charge is -2.56. The summed E-state index contributed by atoms with van der Waals surface area (Å²) < 4.78 is 0. The van der Waals surface area contributed by atoms with E-state index in [-0.39, 0.29) is 0 Å². The zero-order chi connectivity index (χ0) is 25.2. The molecule has 182 valence electrons. The van der Waals surface area contributed by atoms with Gasteiger partial charge in [-0.1, -0.05) is 0 Å². The largest absolute Gasteiger partial charge is 0.435 e. The van der Waals surface area contributed by atoms with Gasteiger partial charge in [0.25, 0.3) is 0 Å². The van der Waals surface area contributed by atoms with Gasteiger partial charge in [0.1, 0.15) is 0 Å². The van der Waals surface area contributed by atoms with Crippen LogP contribution in [0.1, 0.15) is 0 Å². The maximum Gasteiger partial charge on any atom is 0.220 e. The molecule has 0 aliphatic carbocycles. The van der Waals surface area contributed by atoms with Gasteiger partial charge in [-0.3, -0.25) is 0 Å². The van der Waals surface area contributed by atoms with Crippen LogP contribution >= 0.6 is 0 Å². The number of hydrogen-bond acceptors (Lipinski definition) is 10. The highest BCUT2D eigenvalue weighted by molar-refractivity contribution is 8.01. The lowest BCUT2D eigenvalue weighted by atomic mass is 11.9. The SMILES string of the molecule is C[SiH](O)[Si](C)(O)[Si](C)(O)[Si](C)(O)[Si](C)(O)[Si](C)(O)[Si](C)(O)[Si](C)(O)[Si](C)(O)[SiH](C)O. The monoisotopic (exact) mass is 602 g/mol. The summed E-state index contributed by atoms with van der Waals surface area (Å²) in [6.07, 6.45) is 0. The molecule has 0 rings (SSSR count). The Morgan fingerprint density at radius 3 is 0.633 bits per heavy atom. The molecule has 0 aliphatic rings. The van der Waals surface area contributed by atoms with Gasteiger partial charge in [-0.25, -0.2) is 0 Å². The zero-order valence-corrected chi connectivity index (χ0v) is 29.9. The molecule has 0 aromatic carbocycles. The van der Waals surface area contributed by atoms with Crippen molar-refractivity contribution in [3.63, 3.8) is 0 Å². The first kappa shape index (κ1) is 31.8. The van der Waals surface area contributed by atoms with Crippen LogP contribution in [0, 0.1) is 0 Å². The lowest BCUT2D eigenvalue weighted by Crippen LogP contribution is -2.98. The van der Waals surface area contributed by atoms with Crippen molar-refractivity contribution in [3.8, 4) is 0 Å². The van der Waals surface area contributed by atoms with E-state index in [2.05, 4.69) is 0 Å². The Labute approximate surface area is 188 Å². The second-order valence-corrected chi connectivity index (χ2v) is 95.6. The van der Waals surface area contributed by atoms with Gasteiger partial charge < -0.3 is 48.0 Å². The molecule has 10 unspecified atom stereocenters. The molecule has 0 spiro atoms. The second kappa shape index (κ2) is 8.77. The van der Waals surface area contributed by atoms with Gasteiger partial charge >= 0.3 is 0 Å². The summed E-state index contributed by atoms with van der Waals surface area (Å²) in [5.41, 5.74) is 0. The molecule has 0 saturated heterocycles. The van der Waals surface area contributed by atoms with Gasteiger partial charge in [0.15, 0.2) is 17.1 Å². The highest BCUT2D eigenvalue weighted by Gasteiger charge is 2.82. The van der Waals surface area contributed by atoms with Gasteiger partial charge in [0.05, 0.1) is 0 Å². The van der Waals surface area contributed by atoms with Crippen molar-refractivity contribution in [1.29, 1.82) is 0 Å². The van der Waals surface area contributed by atoms with Crippen LogP contribution in [-0.4, -0.2) is 124 Å². The fourth-order valence-electron chi connectivity index (χ4n) is 3.69. The summed E-state index contributed by atoms with van der Waals surface area (Å²) in [5.74, 6) is 0. The lowest BCUT2D eigenvalue weighted by molar-refractivity contribution is 0.479. The first-order valence-electron chi connectivity index (χ1n) is 9.79. The topological polar surface area (TPSA) is 202 Å². The molecule has 30 heavy (non-hydrogen) atoms. The predicted molar refractivity (Wildman–Crippen MR) is 141 cm³/mol. The van der Waals surface area contributed by atoms with Crippen LogP contribution in [0.2, 0.25) is 65.5 Å². The molecule has 0 aromatic rings. The van der Waals surface area contributed by atoms with Crippen molar-refractivity contribution in [2.75, 3.05) is 0 Å². The van der Waals surface area contributed by atoms with Crippen molar-refractivity contribution in [1.82, 2.24) is 0 Å². The Morgan fingerprint density at radius 1 is 0.367 bits per heavy atom. The van der Waals surface area contributed by atoms with E-state index >= 15 is 0 Å². The summed E-state index contributed by atoms with van der Waals surface area (Å²) in [7, 11) is -38.0. The minimum atomic E-state index is -4.29. The van der Waals surface area contributed by atoms with E-state index in [0.29, 0.717) is 0 Å². The van der Waals surface area contributed by atoms with E-state index in [0.717, 1.165) is 0 Å². The molecule has 10 atom stereocenters. The van der Waals surface area contributed by atoms with E-state index in [9.17, 15) is 48.0 Å². The maximum atomic E-state index is 11.7. The summed E-state index contributed by atoms with van der Waals surface area (Å²) in [5, 5.41) is 0. The molecule has 0 radical (unpaired) electrons. The third-order valence-corrected chi connectivity index (χ3v) is 162. The molecule has 0 heterocycles. The average Bonchev–Trinajstić information content (AvgIpc) is 2.52. The molecule has 0 fully saturated rings. The van der Waals surface area contributed by atoms with E-state index in [1.165, 1.54) is 65.5 Å². The molecule has 0 aliphatic heterocycles. The Morgan fingerprint density at radius 2 is 0.500 bits per heavy atom. The van der Waals surface area contributed by atoms with Crippen LogP contribution in [0.4, 0.5) is 0 Å². The smallest absolute Gasteiger partial charge is 0.220 e. The van der Waals surface area contributed by atoms with Crippen molar-refractivity contribution in [2.45, 2.75) is 65.5 Å². The molecule has 10 N–H and O–H groups in total. The molecule has 20 heteroatoms. The van der Waals surface area contributed by atoms with Gasteiger partial charge in [0.2, 0.25) is 58.8 Å².